The summed E-state index contributed by atoms with van der Waals surface area (Å²) in [5, 5.41) is 14.0. The minimum atomic E-state index is -0.389. The molecule has 3 aromatic rings. The van der Waals surface area contributed by atoms with Gasteiger partial charge in [-0.25, -0.2) is 4.98 Å². The van der Waals surface area contributed by atoms with Crippen LogP contribution < -0.4 is 0 Å². The molecule has 2 aromatic heterocycles. The summed E-state index contributed by atoms with van der Waals surface area (Å²) in [6.45, 7) is 4.99. The van der Waals surface area contributed by atoms with Crippen LogP contribution in [0.3, 0.4) is 0 Å². The highest BCUT2D eigenvalue weighted by atomic mass is 35.5. The molecule has 1 aliphatic heterocycles. The Kier molecular flexibility index (Phi) is 4.63. The van der Waals surface area contributed by atoms with Crippen molar-refractivity contribution in [3.63, 3.8) is 0 Å². The molecule has 0 spiro atoms. The molecule has 4 nitrogen and oxygen atoms in total. The van der Waals surface area contributed by atoms with E-state index in [1.165, 1.54) is 0 Å². The highest BCUT2D eigenvalue weighted by Crippen LogP contribution is 2.36. The molecule has 1 aliphatic rings. The van der Waals surface area contributed by atoms with E-state index in [-0.39, 0.29) is 12.1 Å². The molecule has 0 radical (unpaired) electrons. The first-order chi connectivity index (χ1) is 12.1. The van der Waals surface area contributed by atoms with Crippen LogP contribution in [-0.4, -0.2) is 45.3 Å². The van der Waals surface area contributed by atoms with Crippen molar-refractivity contribution < 1.29 is 5.11 Å². The van der Waals surface area contributed by atoms with Gasteiger partial charge in [0.25, 0.3) is 0 Å². The fraction of sp³-hybridized carbons (Fsp3) is 0.421. The summed E-state index contributed by atoms with van der Waals surface area (Å²) in [6, 6.07) is 7.75. The van der Waals surface area contributed by atoms with E-state index < -0.39 is 0 Å². The topological polar surface area (TPSA) is 41.3 Å². The third kappa shape index (κ3) is 3.02. The lowest BCUT2D eigenvalue weighted by molar-refractivity contribution is 0.0360. The maximum absolute atomic E-state index is 10.7. The number of aromatic nitrogens is 2. The van der Waals surface area contributed by atoms with E-state index in [1.807, 2.05) is 24.3 Å². The Morgan fingerprint density at radius 2 is 2.00 bits per heavy atom. The number of aliphatic hydroxyl groups excluding tert-OH is 1. The highest BCUT2D eigenvalue weighted by molar-refractivity contribution is 6.33. The summed E-state index contributed by atoms with van der Waals surface area (Å²) < 4.78 is 2.17. The second-order valence-electron chi connectivity index (χ2n) is 6.78. The Bertz CT molecular complexity index is 865. The quantitative estimate of drug-likeness (QED) is 0.729. The van der Waals surface area contributed by atoms with Gasteiger partial charge in [0.15, 0.2) is 0 Å². The van der Waals surface area contributed by atoms with Crippen molar-refractivity contribution in [1.29, 1.82) is 0 Å². The number of aliphatic hydroxyl groups is 1. The number of hydrogen-bond acceptors (Lipinski definition) is 3. The fourth-order valence-electron chi connectivity index (χ4n) is 3.96. The first kappa shape index (κ1) is 17.1. The highest BCUT2D eigenvalue weighted by Gasteiger charge is 2.31. The van der Waals surface area contributed by atoms with E-state index in [0.717, 1.165) is 54.4 Å². The molecule has 1 saturated heterocycles. The maximum Gasteiger partial charge on any atom is 0.141 e. The molecule has 2 atom stereocenters. The van der Waals surface area contributed by atoms with Gasteiger partial charge in [0.1, 0.15) is 5.65 Å². The zero-order chi connectivity index (χ0) is 17.6. The fourth-order valence-corrected chi connectivity index (χ4v) is 4.29. The normalized spacial score (nSPS) is 22.1. The molecular weight excluding hydrogens is 357 g/mol. The molecular formula is C19H21Cl2N3O. The number of halogens is 2. The number of benzene rings is 1. The average molecular weight is 378 g/mol. The maximum atomic E-state index is 10.7. The van der Waals surface area contributed by atoms with Crippen LogP contribution in [0.25, 0.3) is 21.9 Å². The van der Waals surface area contributed by atoms with E-state index in [9.17, 15) is 5.11 Å². The Labute approximate surface area is 157 Å². The number of hydrogen-bond donors (Lipinski definition) is 1. The van der Waals surface area contributed by atoms with Crippen molar-refractivity contribution in [3.05, 3.63) is 40.5 Å². The van der Waals surface area contributed by atoms with Crippen molar-refractivity contribution in [2.24, 2.45) is 0 Å². The van der Waals surface area contributed by atoms with Gasteiger partial charge in [-0.15, -0.1) is 0 Å². The summed E-state index contributed by atoms with van der Waals surface area (Å²) in [5.41, 5.74) is 1.89. The minimum absolute atomic E-state index is 0.0323. The predicted molar refractivity (Wildman–Crippen MR) is 104 cm³/mol. The van der Waals surface area contributed by atoms with E-state index >= 15 is 0 Å². The summed E-state index contributed by atoms with van der Waals surface area (Å²) in [7, 11) is 0. The van der Waals surface area contributed by atoms with Gasteiger partial charge in [0.2, 0.25) is 0 Å². The number of fused-ring (bicyclic) bond motifs is 3. The van der Waals surface area contributed by atoms with Crippen LogP contribution in [0, 0.1) is 0 Å². The summed E-state index contributed by atoms with van der Waals surface area (Å²) in [6.07, 6.45) is 3.16. The molecule has 0 unspecified atom stereocenters. The lowest BCUT2D eigenvalue weighted by Gasteiger charge is -2.37. The molecule has 0 aliphatic carbocycles. The monoisotopic (exact) mass is 377 g/mol. The first-order valence-corrected chi connectivity index (χ1v) is 9.49. The van der Waals surface area contributed by atoms with E-state index in [0.29, 0.717) is 10.0 Å². The molecule has 4 rings (SSSR count). The number of likely N-dealkylation sites (tertiary alicyclic amines) is 1. The third-order valence-electron chi connectivity index (χ3n) is 5.07. The minimum Gasteiger partial charge on any atom is -0.391 e. The molecule has 3 heterocycles. The summed E-state index contributed by atoms with van der Waals surface area (Å²) in [5.74, 6) is 0. The molecule has 0 amide bonds. The van der Waals surface area contributed by atoms with Gasteiger partial charge in [0, 0.05) is 35.1 Å². The SMILES string of the molecule is CCCN1CC[C@@H](O)[C@H](n2c3ccc(Cl)cc3c3cc(Cl)cnc32)C1. The summed E-state index contributed by atoms with van der Waals surface area (Å²) >= 11 is 12.4. The Morgan fingerprint density at radius 3 is 2.80 bits per heavy atom. The Morgan fingerprint density at radius 1 is 1.20 bits per heavy atom. The molecule has 0 bridgehead atoms. The van der Waals surface area contributed by atoms with Crippen LogP contribution in [0.15, 0.2) is 30.5 Å². The largest absolute Gasteiger partial charge is 0.391 e. The van der Waals surface area contributed by atoms with E-state index in [1.54, 1.807) is 6.20 Å². The molecule has 1 fully saturated rings. The lowest BCUT2D eigenvalue weighted by Crippen LogP contribution is -2.44. The molecule has 1 N–H and O–H groups in total. The van der Waals surface area contributed by atoms with E-state index in [2.05, 4.69) is 21.4 Å². The first-order valence-electron chi connectivity index (χ1n) is 8.73. The van der Waals surface area contributed by atoms with E-state index in [4.69, 9.17) is 23.2 Å². The van der Waals surface area contributed by atoms with Crippen molar-refractivity contribution >= 4 is 45.1 Å². The van der Waals surface area contributed by atoms with Crippen molar-refractivity contribution in [3.8, 4) is 0 Å². The second-order valence-corrected chi connectivity index (χ2v) is 7.65. The van der Waals surface area contributed by atoms with Gasteiger partial charge >= 0.3 is 0 Å². The van der Waals surface area contributed by atoms with Gasteiger partial charge in [-0.3, -0.25) is 0 Å². The predicted octanol–water partition coefficient (Wildman–Crippen LogP) is 4.51. The van der Waals surface area contributed by atoms with Gasteiger partial charge in [-0.05, 0) is 43.7 Å². The molecule has 132 valence electrons. The van der Waals surface area contributed by atoms with Crippen LogP contribution in [0.2, 0.25) is 10.0 Å². The zero-order valence-corrected chi connectivity index (χ0v) is 15.6. The molecule has 6 heteroatoms. The summed E-state index contributed by atoms with van der Waals surface area (Å²) in [4.78, 5) is 7.00. The number of rotatable bonds is 3. The Balaban J connectivity index is 1.92. The second kappa shape index (κ2) is 6.76. The van der Waals surface area contributed by atoms with Gasteiger partial charge < -0.3 is 14.6 Å². The van der Waals surface area contributed by atoms with Crippen LogP contribution in [0.1, 0.15) is 25.8 Å². The number of nitrogens with zero attached hydrogens (tertiary/aromatic N) is 3. The van der Waals surface area contributed by atoms with Crippen molar-refractivity contribution in [2.45, 2.75) is 31.9 Å². The molecule has 1 aromatic carbocycles. The van der Waals surface area contributed by atoms with Gasteiger partial charge in [0.05, 0.1) is 22.7 Å². The molecule has 0 saturated carbocycles. The standard InChI is InChI=1S/C19H21Cl2N3O/c1-2-6-23-7-5-18(25)17(11-23)24-16-4-3-12(20)8-14(16)15-9-13(21)10-22-19(15)24/h3-4,8-10,17-18,25H,2,5-7,11H2,1H3/t17-,18-/m1/s1. The lowest BCUT2D eigenvalue weighted by atomic mass is 10.0. The number of piperidine rings is 1. The third-order valence-corrected chi connectivity index (χ3v) is 5.51. The number of pyridine rings is 1. The van der Waals surface area contributed by atoms with Gasteiger partial charge in [-0.2, -0.15) is 0 Å². The van der Waals surface area contributed by atoms with Crippen molar-refractivity contribution in [2.75, 3.05) is 19.6 Å². The zero-order valence-electron chi connectivity index (χ0n) is 14.1. The smallest absolute Gasteiger partial charge is 0.141 e. The average Bonchev–Trinajstić information content (AvgIpc) is 2.90. The van der Waals surface area contributed by atoms with Crippen LogP contribution in [-0.2, 0) is 0 Å². The van der Waals surface area contributed by atoms with Crippen LogP contribution >= 0.6 is 23.2 Å². The van der Waals surface area contributed by atoms with Crippen LogP contribution in [0.5, 0.6) is 0 Å². The Hall–Kier alpha value is -1.33. The van der Waals surface area contributed by atoms with Crippen LogP contribution in [0.4, 0.5) is 0 Å². The molecule has 25 heavy (non-hydrogen) atoms. The van der Waals surface area contributed by atoms with Gasteiger partial charge in [-0.1, -0.05) is 30.1 Å². The van der Waals surface area contributed by atoms with Crippen molar-refractivity contribution in [1.82, 2.24) is 14.5 Å².